The number of hydrogen-bond acceptors (Lipinski definition) is 3. The van der Waals surface area contributed by atoms with Crippen LogP contribution in [0, 0.1) is 0 Å². The van der Waals surface area contributed by atoms with Gasteiger partial charge < -0.3 is 5.32 Å². The summed E-state index contributed by atoms with van der Waals surface area (Å²) >= 11 is 12.0. The van der Waals surface area contributed by atoms with E-state index in [-0.39, 0.29) is 11.7 Å². The molecule has 144 valence electrons. The fraction of sp³-hybridized carbons (Fsp3) is 0.316. The number of carbonyl (C=O) groups excluding carboxylic acids is 1. The van der Waals surface area contributed by atoms with Crippen LogP contribution in [0.15, 0.2) is 42.5 Å². The zero-order valence-corrected chi connectivity index (χ0v) is 16.9. The second kappa shape index (κ2) is 8.61. The molecule has 0 atom stereocenters. The number of anilines is 1. The SMILES string of the molecule is O=C(Nc1cc(Cl)ccc1Cl)c1ccc(CS(=O)(=O)N2CCCCC2)cc1. The van der Waals surface area contributed by atoms with Gasteiger partial charge in [-0.1, -0.05) is 41.8 Å². The van der Waals surface area contributed by atoms with Crippen molar-refractivity contribution in [2.45, 2.75) is 25.0 Å². The summed E-state index contributed by atoms with van der Waals surface area (Å²) in [6.45, 7) is 1.17. The van der Waals surface area contributed by atoms with Gasteiger partial charge in [0, 0.05) is 23.7 Å². The van der Waals surface area contributed by atoms with E-state index in [0.29, 0.717) is 39.9 Å². The maximum Gasteiger partial charge on any atom is 0.255 e. The lowest BCUT2D eigenvalue weighted by Crippen LogP contribution is -2.36. The Bertz CT molecular complexity index is 924. The molecular formula is C19H20Cl2N2O3S. The van der Waals surface area contributed by atoms with Crippen LogP contribution in [-0.2, 0) is 15.8 Å². The molecule has 27 heavy (non-hydrogen) atoms. The van der Waals surface area contributed by atoms with Crippen LogP contribution in [0.3, 0.4) is 0 Å². The molecule has 1 amide bonds. The number of sulfonamides is 1. The second-order valence-electron chi connectivity index (χ2n) is 6.49. The van der Waals surface area contributed by atoms with Crippen LogP contribution >= 0.6 is 23.2 Å². The molecule has 1 aliphatic heterocycles. The van der Waals surface area contributed by atoms with E-state index in [1.54, 1.807) is 46.8 Å². The summed E-state index contributed by atoms with van der Waals surface area (Å²) in [5, 5.41) is 3.56. The molecule has 1 aliphatic rings. The van der Waals surface area contributed by atoms with E-state index < -0.39 is 10.0 Å². The third-order valence-electron chi connectivity index (χ3n) is 4.45. The average Bonchev–Trinajstić information content (AvgIpc) is 2.66. The summed E-state index contributed by atoms with van der Waals surface area (Å²) in [7, 11) is -3.33. The van der Waals surface area contributed by atoms with Gasteiger partial charge in [0.1, 0.15) is 0 Å². The molecule has 1 saturated heterocycles. The first kappa shape index (κ1) is 20.1. The number of rotatable bonds is 5. The number of carbonyl (C=O) groups is 1. The molecule has 0 aliphatic carbocycles. The lowest BCUT2D eigenvalue weighted by Gasteiger charge is -2.25. The van der Waals surface area contributed by atoms with Crippen LogP contribution in [-0.4, -0.2) is 31.7 Å². The molecule has 0 spiro atoms. The zero-order valence-electron chi connectivity index (χ0n) is 14.6. The highest BCUT2D eigenvalue weighted by Gasteiger charge is 2.24. The Labute approximate surface area is 169 Å². The van der Waals surface area contributed by atoms with Crippen molar-refractivity contribution >= 4 is 44.8 Å². The van der Waals surface area contributed by atoms with Gasteiger partial charge in [-0.3, -0.25) is 4.79 Å². The first-order chi connectivity index (χ1) is 12.8. The van der Waals surface area contributed by atoms with Crippen LogP contribution in [0.1, 0.15) is 35.2 Å². The monoisotopic (exact) mass is 426 g/mol. The highest BCUT2D eigenvalue weighted by Crippen LogP contribution is 2.26. The molecule has 0 aromatic heterocycles. The van der Waals surface area contributed by atoms with E-state index in [1.165, 1.54) is 0 Å². The molecule has 1 fully saturated rings. The topological polar surface area (TPSA) is 66.5 Å². The standard InChI is InChI=1S/C19H20Cl2N2O3S/c20-16-8-9-17(21)18(12-16)22-19(24)15-6-4-14(5-7-15)13-27(25,26)23-10-2-1-3-11-23/h4-9,12H,1-3,10-11,13H2,(H,22,24). The fourth-order valence-electron chi connectivity index (χ4n) is 2.99. The van der Waals surface area contributed by atoms with Gasteiger partial charge in [-0.05, 0) is 48.7 Å². The van der Waals surface area contributed by atoms with E-state index in [0.717, 1.165) is 19.3 Å². The number of benzene rings is 2. The lowest BCUT2D eigenvalue weighted by atomic mass is 10.1. The van der Waals surface area contributed by atoms with Crippen LogP contribution in [0.4, 0.5) is 5.69 Å². The Kier molecular flexibility index (Phi) is 6.42. The highest BCUT2D eigenvalue weighted by molar-refractivity contribution is 7.88. The minimum absolute atomic E-state index is 0.0605. The summed E-state index contributed by atoms with van der Waals surface area (Å²) in [5.74, 6) is -0.403. The predicted octanol–water partition coefficient (Wildman–Crippen LogP) is 4.56. The minimum atomic E-state index is -3.33. The van der Waals surface area contributed by atoms with Gasteiger partial charge in [0.25, 0.3) is 5.91 Å². The molecule has 3 rings (SSSR count). The number of nitrogens with one attached hydrogen (secondary N) is 1. The van der Waals surface area contributed by atoms with Gasteiger partial charge in [-0.2, -0.15) is 0 Å². The number of amides is 1. The molecule has 2 aromatic rings. The molecule has 8 heteroatoms. The quantitative estimate of drug-likeness (QED) is 0.761. The average molecular weight is 427 g/mol. The van der Waals surface area contributed by atoms with Crippen molar-refractivity contribution in [2.75, 3.05) is 18.4 Å². The van der Waals surface area contributed by atoms with E-state index >= 15 is 0 Å². The Morgan fingerprint density at radius 1 is 1.00 bits per heavy atom. The lowest BCUT2D eigenvalue weighted by molar-refractivity contribution is 0.102. The first-order valence-electron chi connectivity index (χ1n) is 8.68. The maximum absolute atomic E-state index is 12.5. The van der Waals surface area contributed by atoms with Crippen molar-refractivity contribution in [3.63, 3.8) is 0 Å². The van der Waals surface area contributed by atoms with E-state index in [2.05, 4.69) is 5.32 Å². The third kappa shape index (κ3) is 5.23. The van der Waals surface area contributed by atoms with Crippen LogP contribution < -0.4 is 5.32 Å². The molecule has 0 bridgehead atoms. The summed E-state index contributed by atoms with van der Waals surface area (Å²) < 4.78 is 26.6. The predicted molar refractivity (Wildman–Crippen MR) is 109 cm³/mol. The summed E-state index contributed by atoms with van der Waals surface area (Å²) in [5.41, 5.74) is 1.48. The Morgan fingerprint density at radius 3 is 2.33 bits per heavy atom. The van der Waals surface area contributed by atoms with Crippen molar-refractivity contribution in [3.05, 3.63) is 63.6 Å². The zero-order chi connectivity index (χ0) is 19.4. The molecule has 2 aromatic carbocycles. The molecule has 0 radical (unpaired) electrons. The fourth-order valence-corrected chi connectivity index (χ4v) is 4.93. The maximum atomic E-state index is 12.5. The molecule has 0 unspecified atom stereocenters. The van der Waals surface area contributed by atoms with E-state index in [9.17, 15) is 13.2 Å². The normalized spacial score (nSPS) is 15.5. The van der Waals surface area contributed by atoms with Gasteiger partial charge in [0.05, 0.1) is 16.5 Å². The van der Waals surface area contributed by atoms with Crippen LogP contribution in [0.5, 0.6) is 0 Å². The second-order valence-corrected chi connectivity index (χ2v) is 9.30. The molecule has 1 N–H and O–H groups in total. The third-order valence-corrected chi connectivity index (χ3v) is 6.86. The molecule has 0 saturated carbocycles. The van der Waals surface area contributed by atoms with Crippen molar-refractivity contribution in [3.8, 4) is 0 Å². The van der Waals surface area contributed by atoms with Crippen molar-refractivity contribution in [2.24, 2.45) is 0 Å². The number of hydrogen-bond donors (Lipinski definition) is 1. The van der Waals surface area contributed by atoms with Gasteiger partial charge >= 0.3 is 0 Å². The van der Waals surface area contributed by atoms with E-state index in [1.807, 2.05) is 0 Å². The summed E-state index contributed by atoms with van der Waals surface area (Å²) in [6.07, 6.45) is 2.89. The number of halogens is 2. The summed E-state index contributed by atoms with van der Waals surface area (Å²) in [4.78, 5) is 12.4. The summed E-state index contributed by atoms with van der Waals surface area (Å²) in [6, 6.07) is 11.3. The Morgan fingerprint density at radius 2 is 1.67 bits per heavy atom. The molecule has 1 heterocycles. The van der Waals surface area contributed by atoms with Gasteiger partial charge in [-0.15, -0.1) is 0 Å². The minimum Gasteiger partial charge on any atom is -0.321 e. The molecular weight excluding hydrogens is 407 g/mol. The van der Waals surface area contributed by atoms with Crippen LogP contribution in [0.25, 0.3) is 0 Å². The Hall–Kier alpha value is -1.60. The van der Waals surface area contributed by atoms with Crippen molar-refractivity contribution < 1.29 is 13.2 Å². The van der Waals surface area contributed by atoms with Gasteiger partial charge in [0.2, 0.25) is 10.0 Å². The highest BCUT2D eigenvalue weighted by atomic mass is 35.5. The van der Waals surface area contributed by atoms with Crippen LogP contribution in [0.2, 0.25) is 10.0 Å². The van der Waals surface area contributed by atoms with Crippen molar-refractivity contribution in [1.82, 2.24) is 4.31 Å². The van der Waals surface area contributed by atoms with E-state index in [4.69, 9.17) is 23.2 Å². The smallest absolute Gasteiger partial charge is 0.255 e. The van der Waals surface area contributed by atoms with Crippen molar-refractivity contribution in [1.29, 1.82) is 0 Å². The largest absolute Gasteiger partial charge is 0.321 e. The number of nitrogens with zero attached hydrogens (tertiary/aromatic N) is 1. The Balaban J connectivity index is 1.67. The number of piperidine rings is 1. The first-order valence-corrected chi connectivity index (χ1v) is 11.0. The van der Waals surface area contributed by atoms with Gasteiger partial charge in [0.15, 0.2) is 0 Å². The van der Waals surface area contributed by atoms with Gasteiger partial charge in [-0.25, -0.2) is 12.7 Å². The molecule has 5 nitrogen and oxygen atoms in total.